The Morgan fingerprint density at radius 2 is 1.84 bits per heavy atom. The van der Waals surface area contributed by atoms with Gasteiger partial charge in [0.05, 0.1) is 21.8 Å². The number of carbonyl (C=O) groups excluding carboxylic acids is 1. The Morgan fingerprint density at radius 1 is 1.05 bits per heavy atom. The van der Waals surface area contributed by atoms with Gasteiger partial charge >= 0.3 is 0 Å². The number of hydrogen-bond donors (Lipinski definition) is 1. The van der Waals surface area contributed by atoms with Gasteiger partial charge in [-0.1, -0.05) is 11.6 Å². The molecule has 5 aromatic rings. The average molecular weight is 512 g/mol. The lowest BCUT2D eigenvalue weighted by Gasteiger charge is -2.55. The molecule has 0 saturated heterocycles. The van der Waals surface area contributed by atoms with Crippen LogP contribution in [0, 0.1) is 19.7 Å². The molecule has 1 N–H and O–H groups in total. The van der Waals surface area contributed by atoms with Gasteiger partial charge in [-0.25, -0.2) is 4.39 Å². The number of aromatic amines is 1. The van der Waals surface area contributed by atoms with Crippen molar-refractivity contribution >= 4 is 34.1 Å². The first-order valence-corrected chi connectivity index (χ1v) is 12.6. The topological polar surface area (TPSA) is 66.8 Å². The predicted molar refractivity (Wildman–Crippen MR) is 141 cm³/mol. The van der Waals surface area contributed by atoms with E-state index in [1.54, 1.807) is 41.5 Å². The molecule has 1 aliphatic heterocycles. The number of halogens is 2. The van der Waals surface area contributed by atoms with E-state index >= 15 is 0 Å². The lowest BCUT2D eigenvalue weighted by molar-refractivity contribution is 0.0928. The number of anilines is 1. The van der Waals surface area contributed by atoms with E-state index in [4.69, 9.17) is 11.6 Å². The first kappa shape index (κ1) is 22.2. The van der Waals surface area contributed by atoms with Crippen LogP contribution in [0.3, 0.4) is 0 Å². The lowest BCUT2D eigenvalue weighted by Crippen LogP contribution is -2.60. The fraction of sp³-hybridized carbons (Fsp3) is 0.207. The zero-order chi connectivity index (χ0) is 25.5. The smallest absolute Gasteiger partial charge is 0.260 e. The third-order valence-electron chi connectivity index (χ3n) is 8.10. The summed E-state index contributed by atoms with van der Waals surface area (Å²) in [4.78, 5) is 19.5. The molecule has 1 amide bonds. The molecule has 1 spiro atoms. The number of hydrogen-bond acceptors (Lipinski definition) is 3. The Bertz CT molecular complexity index is 1740. The molecule has 3 heterocycles. The number of aromatic nitrogens is 4. The molecule has 0 bridgehead atoms. The summed E-state index contributed by atoms with van der Waals surface area (Å²) in [6, 6.07) is 14.4. The van der Waals surface area contributed by atoms with Crippen molar-refractivity contribution in [2.45, 2.75) is 38.6 Å². The summed E-state index contributed by atoms with van der Waals surface area (Å²) < 4.78 is 16.2. The lowest BCUT2D eigenvalue weighted by atomic mass is 9.67. The zero-order valence-electron chi connectivity index (χ0n) is 20.3. The highest BCUT2D eigenvalue weighted by Gasteiger charge is 2.54. The van der Waals surface area contributed by atoms with Crippen LogP contribution in [0.1, 0.15) is 44.7 Å². The molecule has 0 saturated carbocycles. The van der Waals surface area contributed by atoms with E-state index in [1.807, 2.05) is 11.0 Å². The average Bonchev–Trinajstić information content (AvgIpc) is 3.53. The van der Waals surface area contributed by atoms with Crippen molar-refractivity contribution in [3.8, 4) is 5.69 Å². The Kier molecular flexibility index (Phi) is 4.67. The number of carbonyl (C=O) groups is 1. The van der Waals surface area contributed by atoms with Gasteiger partial charge in [-0.2, -0.15) is 0 Å². The van der Waals surface area contributed by atoms with Crippen molar-refractivity contribution in [1.82, 2.24) is 19.7 Å². The molecule has 1 aliphatic carbocycles. The third kappa shape index (κ3) is 3.13. The van der Waals surface area contributed by atoms with Gasteiger partial charge in [0.2, 0.25) is 0 Å². The van der Waals surface area contributed by atoms with Crippen LogP contribution in [-0.2, 0) is 18.4 Å². The highest BCUT2D eigenvalue weighted by Crippen LogP contribution is 2.56. The first-order chi connectivity index (χ1) is 17.9. The minimum absolute atomic E-state index is 0.185. The summed E-state index contributed by atoms with van der Waals surface area (Å²) in [6.45, 7) is 4.22. The molecular weight excluding hydrogens is 489 g/mol. The van der Waals surface area contributed by atoms with Crippen LogP contribution >= 0.6 is 11.6 Å². The van der Waals surface area contributed by atoms with E-state index in [-0.39, 0.29) is 11.7 Å². The maximum atomic E-state index is 14.5. The van der Waals surface area contributed by atoms with Crippen molar-refractivity contribution in [2.75, 3.05) is 4.90 Å². The maximum absolute atomic E-state index is 14.5. The molecule has 6 nitrogen and oxygen atoms in total. The van der Waals surface area contributed by atoms with E-state index in [0.29, 0.717) is 23.4 Å². The van der Waals surface area contributed by atoms with Gasteiger partial charge in [0.15, 0.2) is 0 Å². The van der Waals surface area contributed by atoms with Crippen molar-refractivity contribution in [2.24, 2.45) is 0 Å². The molecule has 184 valence electrons. The number of nitrogens with zero attached hydrogens (tertiary/aromatic N) is 4. The molecule has 2 aromatic heterocycles. The number of fused-ring (bicyclic) bond motifs is 5. The minimum atomic E-state index is -0.633. The molecule has 1 atom stereocenters. The summed E-state index contributed by atoms with van der Waals surface area (Å²) >= 11 is 6.65. The van der Waals surface area contributed by atoms with Crippen molar-refractivity contribution in [1.29, 1.82) is 0 Å². The van der Waals surface area contributed by atoms with Gasteiger partial charge in [0, 0.05) is 34.3 Å². The molecule has 1 unspecified atom stereocenters. The van der Waals surface area contributed by atoms with Crippen LogP contribution in [0.4, 0.5) is 10.1 Å². The monoisotopic (exact) mass is 511 g/mol. The highest BCUT2D eigenvalue weighted by atomic mass is 35.5. The number of rotatable bonds is 2. The molecule has 2 aliphatic rings. The SMILES string of the molecule is Cc1cc2[nH]c3c(c2cc1C)CC1(CC3)c2cc(F)ccc2N1C(=O)c1ccc(-n2cnnc2)cc1Cl. The number of nitrogens with one attached hydrogen (secondary N) is 1. The van der Waals surface area contributed by atoms with Gasteiger partial charge in [-0.05, 0) is 91.9 Å². The quantitative estimate of drug-likeness (QED) is 0.307. The van der Waals surface area contributed by atoms with E-state index < -0.39 is 5.54 Å². The first-order valence-electron chi connectivity index (χ1n) is 12.3. The van der Waals surface area contributed by atoms with E-state index in [9.17, 15) is 9.18 Å². The Morgan fingerprint density at radius 3 is 2.62 bits per heavy atom. The molecule has 0 fully saturated rings. The minimum Gasteiger partial charge on any atom is -0.358 e. The van der Waals surface area contributed by atoms with Crippen molar-refractivity contribution in [3.05, 3.63) is 106 Å². The van der Waals surface area contributed by atoms with Gasteiger partial charge in [0.25, 0.3) is 5.91 Å². The van der Waals surface area contributed by atoms with Crippen molar-refractivity contribution in [3.63, 3.8) is 0 Å². The summed E-state index contributed by atoms with van der Waals surface area (Å²) in [5.74, 6) is -0.479. The van der Waals surface area contributed by atoms with Gasteiger partial charge in [-0.3, -0.25) is 14.3 Å². The predicted octanol–water partition coefficient (Wildman–Crippen LogP) is 6.20. The van der Waals surface area contributed by atoms with Crippen LogP contribution < -0.4 is 4.90 Å². The summed E-state index contributed by atoms with van der Waals surface area (Å²) in [6.07, 6.45) is 5.23. The van der Waals surface area contributed by atoms with Crippen LogP contribution in [0.15, 0.2) is 61.2 Å². The van der Waals surface area contributed by atoms with Crippen molar-refractivity contribution < 1.29 is 9.18 Å². The van der Waals surface area contributed by atoms with Crippen LogP contribution in [-0.4, -0.2) is 25.7 Å². The van der Waals surface area contributed by atoms with E-state index in [2.05, 4.69) is 41.2 Å². The number of aryl methyl sites for hydroxylation is 3. The molecule has 7 rings (SSSR count). The standard InChI is InChI=1S/C29H23ClFN5O/c1-16-9-21-22-13-29(8-7-25(22)34-26(21)10-17(16)2)23-11-18(31)3-6-27(23)36(29)28(37)20-5-4-19(12-24(20)30)35-14-32-33-15-35/h3-6,9-12,14-15,34H,7-8,13H2,1-2H3. The Balaban J connectivity index is 1.34. The van der Waals surface area contributed by atoms with Crippen LogP contribution in [0.5, 0.6) is 0 Å². The second-order valence-electron chi connectivity index (χ2n) is 10.1. The number of benzene rings is 3. The Hall–Kier alpha value is -3.97. The summed E-state index contributed by atoms with van der Waals surface area (Å²) in [7, 11) is 0. The third-order valence-corrected chi connectivity index (χ3v) is 8.41. The van der Waals surface area contributed by atoms with Gasteiger partial charge < -0.3 is 4.98 Å². The summed E-state index contributed by atoms with van der Waals surface area (Å²) in [5.41, 5.74) is 8.11. The molecule has 0 radical (unpaired) electrons. The second kappa shape index (κ2) is 7.76. The van der Waals surface area contributed by atoms with Gasteiger partial charge in [-0.15, -0.1) is 10.2 Å². The molecule has 37 heavy (non-hydrogen) atoms. The Labute approximate surface area is 217 Å². The van der Waals surface area contributed by atoms with E-state index in [1.165, 1.54) is 33.8 Å². The molecule has 8 heteroatoms. The zero-order valence-corrected chi connectivity index (χ0v) is 21.1. The largest absolute Gasteiger partial charge is 0.358 e. The fourth-order valence-corrected chi connectivity index (χ4v) is 6.34. The van der Waals surface area contributed by atoms with Gasteiger partial charge in [0.1, 0.15) is 18.5 Å². The normalized spacial score (nSPS) is 18.1. The molecular formula is C29H23ClFN5O. The number of amides is 1. The van der Waals surface area contributed by atoms with Crippen LogP contribution in [0.2, 0.25) is 5.02 Å². The second-order valence-corrected chi connectivity index (χ2v) is 10.5. The van der Waals surface area contributed by atoms with Crippen LogP contribution in [0.25, 0.3) is 16.6 Å². The summed E-state index contributed by atoms with van der Waals surface area (Å²) in [5, 5.41) is 9.18. The maximum Gasteiger partial charge on any atom is 0.260 e. The number of H-pyrrole nitrogens is 1. The van der Waals surface area contributed by atoms with E-state index in [0.717, 1.165) is 28.9 Å². The highest BCUT2D eigenvalue weighted by molar-refractivity contribution is 6.35. The molecule has 3 aromatic carbocycles. The fourth-order valence-electron chi connectivity index (χ4n) is 6.09.